The fourth-order valence-electron chi connectivity index (χ4n) is 3.95. The SMILES string of the molecule is Cc1ccc([N+](=O)[O-])cc1NC(=O)CSc1nnc(C2CCCN2C(=O)c2ccc(Cl)cc2)n1C. The number of aryl methyl sites for hydroxylation is 1. The van der Waals surface area contributed by atoms with Gasteiger partial charge in [-0.15, -0.1) is 10.2 Å². The molecule has 2 amide bonds. The topological polar surface area (TPSA) is 123 Å². The number of halogens is 1. The Morgan fingerprint density at radius 1 is 1.23 bits per heavy atom. The Morgan fingerprint density at radius 2 is 1.97 bits per heavy atom. The van der Waals surface area contributed by atoms with E-state index in [1.165, 1.54) is 23.9 Å². The summed E-state index contributed by atoms with van der Waals surface area (Å²) in [6.45, 7) is 2.38. The van der Waals surface area contributed by atoms with Crippen LogP contribution >= 0.6 is 23.4 Å². The van der Waals surface area contributed by atoms with Crippen molar-refractivity contribution < 1.29 is 14.5 Å². The predicted molar refractivity (Wildman–Crippen MR) is 133 cm³/mol. The number of aromatic nitrogens is 3. The Hall–Kier alpha value is -3.44. The average Bonchev–Trinajstić information content (AvgIpc) is 3.45. The van der Waals surface area contributed by atoms with Gasteiger partial charge in [-0.25, -0.2) is 0 Å². The zero-order chi connectivity index (χ0) is 25.1. The molecule has 35 heavy (non-hydrogen) atoms. The van der Waals surface area contributed by atoms with Crippen LogP contribution in [0.4, 0.5) is 11.4 Å². The highest BCUT2D eigenvalue weighted by Gasteiger charge is 2.34. The predicted octanol–water partition coefficient (Wildman–Crippen LogP) is 4.39. The molecular weight excluding hydrogens is 492 g/mol. The Balaban J connectivity index is 1.42. The number of benzene rings is 2. The number of nitrogens with one attached hydrogen (secondary N) is 1. The lowest BCUT2D eigenvalue weighted by Gasteiger charge is -2.24. The van der Waals surface area contributed by atoms with Crippen molar-refractivity contribution in [2.75, 3.05) is 17.6 Å². The standard InChI is InChI=1S/C23H23ClN6O4S/c1-14-5-10-17(30(33)34)12-18(14)25-20(31)13-35-23-27-26-21(28(23)2)19-4-3-11-29(19)22(32)15-6-8-16(24)9-7-15/h5-10,12,19H,3-4,11,13H2,1-2H3,(H,25,31). The summed E-state index contributed by atoms with van der Waals surface area (Å²) < 4.78 is 1.80. The van der Waals surface area contributed by atoms with Gasteiger partial charge in [0.25, 0.3) is 11.6 Å². The molecule has 0 spiro atoms. The summed E-state index contributed by atoms with van der Waals surface area (Å²) in [5, 5.41) is 23.4. The van der Waals surface area contributed by atoms with Gasteiger partial charge in [-0.05, 0) is 49.6 Å². The van der Waals surface area contributed by atoms with Crippen LogP contribution in [0.15, 0.2) is 47.6 Å². The van der Waals surface area contributed by atoms with E-state index in [0.29, 0.717) is 33.8 Å². The van der Waals surface area contributed by atoms with Crippen molar-refractivity contribution in [1.29, 1.82) is 0 Å². The second-order valence-electron chi connectivity index (χ2n) is 8.16. The Bertz CT molecular complexity index is 1280. The molecule has 1 atom stereocenters. The highest BCUT2D eigenvalue weighted by Crippen LogP contribution is 2.33. The van der Waals surface area contributed by atoms with Crippen LogP contribution in [0.3, 0.4) is 0 Å². The molecule has 12 heteroatoms. The first kappa shape index (κ1) is 24.7. The first-order chi connectivity index (χ1) is 16.7. The molecule has 1 unspecified atom stereocenters. The highest BCUT2D eigenvalue weighted by atomic mass is 35.5. The normalized spacial score (nSPS) is 15.3. The molecule has 2 aromatic carbocycles. The smallest absolute Gasteiger partial charge is 0.271 e. The molecule has 4 rings (SSSR count). The summed E-state index contributed by atoms with van der Waals surface area (Å²) in [6, 6.07) is 10.9. The molecule has 1 saturated heterocycles. The van der Waals surface area contributed by atoms with Crippen molar-refractivity contribution in [3.05, 3.63) is 74.6 Å². The third-order valence-electron chi connectivity index (χ3n) is 5.81. The molecule has 1 aliphatic rings. The van der Waals surface area contributed by atoms with Gasteiger partial charge in [0.1, 0.15) is 0 Å². The molecule has 1 aliphatic heterocycles. The number of hydrogen-bond donors (Lipinski definition) is 1. The molecule has 3 aromatic rings. The fraction of sp³-hybridized carbons (Fsp3) is 0.304. The lowest BCUT2D eigenvalue weighted by Crippen LogP contribution is -2.31. The van der Waals surface area contributed by atoms with Gasteiger partial charge in [0, 0.05) is 36.3 Å². The van der Waals surface area contributed by atoms with Gasteiger partial charge < -0.3 is 14.8 Å². The van der Waals surface area contributed by atoms with Gasteiger partial charge in [0.05, 0.1) is 22.4 Å². The summed E-state index contributed by atoms with van der Waals surface area (Å²) >= 11 is 7.15. The van der Waals surface area contributed by atoms with Gasteiger partial charge in [0.2, 0.25) is 5.91 Å². The number of carbonyl (C=O) groups excluding carboxylic acids is 2. The summed E-state index contributed by atoms with van der Waals surface area (Å²) in [5.41, 5.74) is 1.59. The Kier molecular flexibility index (Phi) is 7.37. The second kappa shape index (κ2) is 10.4. The first-order valence-corrected chi connectivity index (χ1v) is 12.2. The van der Waals surface area contributed by atoms with Gasteiger partial charge in [0.15, 0.2) is 11.0 Å². The molecule has 1 N–H and O–H groups in total. The van der Waals surface area contributed by atoms with E-state index in [1.54, 1.807) is 46.7 Å². The van der Waals surface area contributed by atoms with E-state index in [-0.39, 0.29) is 29.3 Å². The van der Waals surface area contributed by atoms with Crippen molar-refractivity contribution in [1.82, 2.24) is 19.7 Å². The van der Waals surface area contributed by atoms with E-state index >= 15 is 0 Å². The van der Waals surface area contributed by atoms with Crippen molar-refractivity contribution in [2.45, 2.75) is 31.0 Å². The van der Waals surface area contributed by atoms with Crippen molar-refractivity contribution in [2.24, 2.45) is 7.05 Å². The molecular formula is C23H23ClN6O4S. The number of thioether (sulfide) groups is 1. The molecule has 0 saturated carbocycles. The number of anilines is 1. The van der Waals surface area contributed by atoms with Crippen LogP contribution in [0, 0.1) is 17.0 Å². The van der Waals surface area contributed by atoms with Crippen LogP contribution in [0.2, 0.25) is 5.02 Å². The van der Waals surface area contributed by atoms with Crippen molar-refractivity contribution >= 4 is 46.6 Å². The van der Waals surface area contributed by atoms with E-state index in [2.05, 4.69) is 15.5 Å². The zero-order valence-electron chi connectivity index (χ0n) is 19.1. The molecule has 1 fully saturated rings. The van der Waals surface area contributed by atoms with Gasteiger partial charge in [-0.3, -0.25) is 19.7 Å². The number of hydrogen-bond acceptors (Lipinski definition) is 7. The fourth-order valence-corrected chi connectivity index (χ4v) is 4.80. The lowest BCUT2D eigenvalue weighted by molar-refractivity contribution is -0.384. The quantitative estimate of drug-likeness (QED) is 0.281. The minimum atomic E-state index is -0.505. The Morgan fingerprint density at radius 3 is 2.69 bits per heavy atom. The van der Waals surface area contributed by atoms with Crippen LogP contribution in [0.25, 0.3) is 0 Å². The van der Waals surface area contributed by atoms with Crippen LogP contribution in [0.1, 0.15) is 40.6 Å². The molecule has 2 heterocycles. The van der Waals surface area contributed by atoms with E-state index in [9.17, 15) is 19.7 Å². The van der Waals surface area contributed by atoms with Crippen molar-refractivity contribution in [3.63, 3.8) is 0 Å². The maximum atomic E-state index is 13.1. The molecule has 0 radical (unpaired) electrons. The minimum absolute atomic E-state index is 0.0478. The van der Waals surface area contributed by atoms with E-state index in [4.69, 9.17) is 11.6 Å². The second-order valence-corrected chi connectivity index (χ2v) is 9.54. The molecule has 182 valence electrons. The number of likely N-dealkylation sites (tertiary alicyclic amines) is 1. The van der Waals surface area contributed by atoms with Gasteiger partial charge >= 0.3 is 0 Å². The van der Waals surface area contributed by atoms with E-state index < -0.39 is 4.92 Å². The zero-order valence-corrected chi connectivity index (χ0v) is 20.7. The summed E-state index contributed by atoms with van der Waals surface area (Å²) in [6.07, 6.45) is 1.62. The molecule has 0 bridgehead atoms. The van der Waals surface area contributed by atoms with E-state index in [0.717, 1.165) is 18.4 Å². The molecule has 0 aliphatic carbocycles. The molecule has 1 aromatic heterocycles. The number of nitrogens with zero attached hydrogens (tertiary/aromatic N) is 5. The highest BCUT2D eigenvalue weighted by molar-refractivity contribution is 7.99. The van der Waals surface area contributed by atoms with Crippen LogP contribution in [-0.4, -0.2) is 48.7 Å². The Labute approximate surface area is 210 Å². The number of rotatable bonds is 7. The van der Waals surface area contributed by atoms with Gasteiger partial charge in [-0.2, -0.15) is 0 Å². The number of nitro groups is 1. The first-order valence-electron chi connectivity index (χ1n) is 10.9. The summed E-state index contributed by atoms with van der Waals surface area (Å²) in [5.74, 6) is 0.297. The lowest BCUT2D eigenvalue weighted by atomic mass is 10.1. The monoisotopic (exact) mass is 514 g/mol. The minimum Gasteiger partial charge on any atom is -0.328 e. The van der Waals surface area contributed by atoms with Crippen LogP contribution in [0.5, 0.6) is 0 Å². The maximum absolute atomic E-state index is 13.1. The van der Waals surface area contributed by atoms with Gasteiger partial charge in [-0.1, -0.05) is 29.4 Å². The third kappa shape index (κ3) is 5.46. The van der Waals surface area contributed by atoms with Crippen LogP contribution < -0.4 is 5.32 Å². The third-order valence-corrected chi connectivity index (χ3v) is 7.08. The maximum Gasteiger partial charge on any atom is 0.271 e. The van der Waals surface area contributed by atoms with Crippen molar-refractivity contribution in [3.8, 4) is 0 Å². The van der Waals surface area contributed by atoms with E-state index in [1.807, 2.05) is 7.05 Å². The number of carbonyl (C=O) groups is 2. The average molecular weight is 515 g/mol. The largest absolute Gasteiger partial charge is 0.328 e. The summed E-state index contributed by atoms with van der Waals surface area (Å²) in [7, 11) is 1.81. The molecule has 10 nitrogen and oxygen atoms in total. The van der Waals surface area contributed by atoms with Crippen LogP contribution in [-0.2, 0) is 11.8 Å². The summed E-state index contributed by atoms with van der Waals surface area (Å²) in [4.78, 5) is 37.9. The number of amides is 2. The number of non-ortho nitro benzene ring substituents is 1. The number of nitro benzene ring substituents is 1.